The van der Waals surface area contributed by atoms with Gasteiger partial charge in [0.05, 0.1) is 15.4 Å². The molecular formula is C11H17IN2O2. The molecule has 16 heavy (non-hydrogen) atoms. The van der Waals surface area contributed by atoms with Gasteiger partial charge in [0.25, 0.3) is 5.56 Å². The van der Waals surface area contributed by atoms with Crippen LogP contribution < -0.4 is 5.56 Å². The van der Waals surface area contributed by atoms with Crippen molar-refractivity contribution in [1.29, 1.82) is 0 Å². The van der Waals surface area contributed by atoms with Crippen molar-refractivity contribution in [2.24, 2.45) is 0 Å². The molecule has 1 N–H and O–H groups in total. The molecule has 0 aliphatic heterocycles. The number of H-pyrrole nitrogens is 1. The maximum atomic E-state index is 11.7. The smallest absolute Gasteiger partial charge is 0.264 e. The third-order valence-electron chi connectivity index (χ3n) is 2.35. The fourth-order valence-electron chi connectivity index (χ4n) is 1.41. The number of ether oxygens (including phenoxy) is 1. The number of nitrogens with one attached hydrogen (secondary N) is 1. The molecule has 0 saturated carbocycles. The zero-order valence-corrected chi connectivity index (χ0v) is 12.0. The summed E-state index contributed by atoms with van der Waals surface area (Å²) in [5.74, 6) is 0.711. The number of nitrogens with zero attached hydrogens (tertiary/aromatic N) is 1. The van der Waals surface area contributed by atoms with Gasteiger partial charge >= 0.3 is 0 Å². The van der Waals surface area contributed by atoms with E-state index < -0.39 is 0 Å². The first-order chi connectivity index (χ1) is 7.58. The van der Waals surface area contributed by atoms with Gasteiger partial charge in [0, 0.05) is 13.5 Å². The molecule has 0 fully saturated rings. The van der Waals surface area contributed by atoms with E-state index in [0.29, 0.717) is 15.8 Å². The van der Waals surface area contributed by atoms with Gasteiger partial charge in [-0.2, -0.15) is 0 Å². The van der Waals surface area contributed by atoms with E-state index in [-0.39, 0.29) is 11.7 Å². The average molecular weight is 336 g/mol. The first-order valence-electron chi connectivity index (χ1n) is 5.38. The maximum Gasteiger partial charge on any atom is 0.264 e. The number of aryl methyl sites for hydroxylation is 1. The van der Waals surface area contributed by atoms with Crippen LogP contribution in [-0.4, -0.2) is 23.2 Å². The van der Waals surface area contributed by atoms with E-state index >= 15 is 0 Å². The van der Waals surface area contributed by atoms with Gasteiger partial charge in [-0.05, 0) is 35.9 Å². The van der Waals surface area contributed by atoms with E-state index in [1.54, 1.807) is 7.11 Å². The minimum absolute atomic E-state index is 0.0441. The van der Waals surface area contributed by atoms with Gasteiger partial charge in [-0.15, -0.1) is 0 Å². The Hall–Kier alpha value is -0.430. The number of aromatic nitrogens is 2. The molecule has 1 atom stereocenters. The lowest BCUT2D eigenvalue weighted by Crippen LogP contribution is -2.21. The van der Waals surface area contributed by atoms with Crippen LogP contribution in [0.5, 0.6) is 0 Å². The molecule has 1 rings (SSSR count). The summed E-state index contributed by atoms with van der Waals surface area (Å²) >= 11 is 2.05. The minimum atomic E-state index is -0.0441. The summed E-state index contributed by atoms with van der Waals surface area (Å²) in [6.07, 6.45) is 2.54. The molecule has 0 saturated heterocycles. The predicted molar refractivity (Wildman–Crippen MR) is 71.7 cm³/mol. The van der Waals surface area contributed by atoms with Gasteiger partial charge in [0.15, 0.2) is 0 Å². The number of hydrogen-bond acceptors (Lipinski definition) is 3. The van der Waals surface area contributed by atoms with Crippen molar-refractivity contribution in [3.05, 3.63) is 25.4 Å². The SMILES string of the molecule is CCCc1nc(CC(C)OC)[nH]c(=O)c1I. The Bertz CT molecular complexity index is 403. The molecule has 4 nitrogen and oxygen atoms in total. The Labute approximate surface area is 109 Å². The lowest BCUT2D eigenvalue weighted by molar-refractivity contribution is 0.117. The van der Waals surface area contributed by atoms with Crippen molar-refractivity contribution in [2.75, 3.05) is 7.11 Å². The van der Waals surface area contributed by atoms with Crippen LogP contribution >= 0.6 is 22.6 Å². The van der Waals surface area contributed by atoms with E-state index in [0.717, 1.165) is 18.5 Å². The minimum Gasteiger partial charge on any atom is -0.381 e. The van der Waals surface area contributed by atoms with Crippen molar-refractivity contribution >= 4 is 22.6 Å². The molecule has 0 radical (unpaired) electrons. The number of rotatable bonds is 5. The Morgan fingerprint density at radius 3 is 2.81 bits per heavy atom. The Balaban J connectivity index is 2.99. The highest BCUT2D eigenvalue weighted by Crippen LogP contribution is 2.08. The second-order valence-corrected chi connectivity index (χ2v) is 4.85. The summed E-state index contributed by atoms with van der Waals surface area (Å²) in [5, 5.41) is 0. The zero-order valence-electron chi connectivity index (χ0n) is 9.84. The van der Waals surface area contributed by atoms with Crippen LogP contribution in [0.25, 0.3) is 0 Å². The molecule has 0 aliphatic carbocycles. The maximum absolute atomic E-state index is 11.7. The van der Waals surface area contributed by atoms with Crippen molar-refractivity contribution in [3.8, 4) is 0 Å². The van der Waals surface area contributed by atoms with E-state index in [1.807, 2.05) is 6.92 Å². The van der Waals surface area contributed by atoms with Crippen molar-refractivity contribution < 1.29 is 4.74 Å². The van der Waals surface area contributed by atoms with Crippen LogP contribution in [0.3, 0.4) is 0 Å². The van der Waals surface area contributed by atoms with Crippen LogP contribution in [0.4, 0.5) is 0 Å². The predicted octanol–water partition coefficient (Wildman–Crippen LogP) is 1.90. The van der Waals surface area contributed by atoms with Crippen LogP contribution in [-0.2, 0) is 17.6 Å². The fourth-order valence-corrected chi connectivity index (χ4v) is 1.94. The van der Waals surface area contributed by atoms with Crippen LogP contribution in [0.15, 0.2) is 4.79 Å². The number of hydrogen-bond donors (Lipinski definition) is 1. The summed E-state index contributed by atoms with van der Waals surface area (Å²) in [7, 11) is 1.66. The summed E-state index contributed by atoms with van der Waals surface area (Å²) in [4.78, 5) is 18.9. The summed E-state index contributed by atoms with van der Waals surface area (Å²) in [5.41, 5.74) is 0.850. The Morgan fingerprint density at radius 2 is 2.25 bits per heavy atom. The molecule has 1 aromatic heterocycles. The lowest BCUT2D eigenvalue weighted by atomic mass is 10.2. The summed E-state index contributed by atoms with van der Waals surface area (Å²) < 4.78 is 5.86. The van der Waals surface area contributed by atoms with Gasteiger partial charge in [-0.3, -0.25) is 4.79 Å². The summed E-state index contributed by atoms with van der Waals surface area (Å²) in [6, 6.07) is 0. The average Bonchev–Trinajstić information content (AvgIpc) is 2.25. The largest absolute Gasteiger partial charge is 0.381 e. The number of halogens is 1. The molecule has 0 bridgehead atoms. The quantitative estimate of drug-likeness (QED) is 0.836. The fraction of sp³-hybridized carbons (Fsp3) is 0.636. The third-order valence-corrected chi connectivity index (χ3v) is 3.46. The Morgan fingerprint density at radius 1 is 1.56 bits per heavy atom. The van der Waals surface area contributed by atoms with Gasteiger partial charge in [0.2, 0.25) is 0 Å². The molecule has 1 aromatic rings. The molecule has 0 amide bonds. The highest BCUT2D eigenvalue weighted by molar-refractivity contribution is 14.1. The Kier molecular flexibility index (Phi) is 5.40. The molecular weight excluding hydrogens is 319 g/mol. The highest BCUT2D eigenvalue weighted by Gasteiger charge is 2.10. The first-order valence-corrected chi connectivity index (χ1v) is 6.46. The molecule has 1 heterocycles. The van der Waals surface area contributed by atoms with E-state index in [1.165, 1.54) is 0 Å². The number of methoxy groups -OCH3 is 1. The van der Waals surface area contributed by atoms with Crippen LogP contribution in [0.2, 0.25) is 0 Å². The van der Waals surface area contributed by atoms with E-state index in [2.05, 4.69) is 39.5 Å². The topological polar surface area (TPSA) is 55.0 Å². The van der Waals surface area contributed by atoms with Gasteiger partial charge in [0.1, 0.15) is 5.82 Å². The summed E-state index contributed by atoms with van der Waals surface area (Å²) in [6.45, 7) is 4.04. The molecule has 0 aromatic carbocycles. The van der Waals surface area contributed by atoms with Gasteiger partial charge in [-0.25, -0.2) is 4.98 Å². The molecule has 0 aliphatic rings. The van der Waals surface area contributed by atoms with Crippen LogP contribution in [0.1, 0.15) is 31.8 Å². The zero-order chi connectivity index (χ0) is 12.1. The van der Waals surface area contributed by atoms with Crippen molar-refractivity contribution in [2.45, 2.75) is 39.2 Å². The second-order valence-electron chi connectivity index (χ2n) is 3.77. The lowest BCUT2D eigenvalue weighted by Gasteiger charge is -2.10. The highest BCUT2D eigenvalue weighted by atomic mass is 127. The first kappa shape index (κ1) is 13.6. The van der Waals surface area contributed by atoms with Gasteiger partial charge < -0.3 is 9.72 Å². The van der Waals surface area contributed by atoms with Crippen LogP contribution in [0, 0.1) is 3.57 Å². The molecule has 5 heteroatoms. The monoisotopic (exact) mass is 336 g/mol. The van der Waals surface area contributed by atoms with Crippen molar-refractivity contribution in [1.82, 2.24) is 9.97 Å². The second kappa shape index (κ2) is 6.34. The third kappa shape index (κ3) is 3.55. The molecule has 0 spiro atoms. The molecule has 1 unspecified atom stereocenters. The van der Waals surface area contributed by atoms with E-state index in [4.69, 9.17) is 4.74 Å². The van der Waals surface area contributed by atoms with Gasteiger partial charge in [-0.1, -0.05) is 13.3 Å². The van der Waals surface area contributed by atoms with Crippen molar-refractivity contribution in [3.63, 3.8) is 0 Å². The molecule has 90 valence electrons. The standard InChI is InChI=1S/C11H17IN2O2/c1-4-5-8-10(12)11(15)14-9(13-8)6-7(2)16-3/h7H,4-6H2,1-3H3,(H,13,14,15). The number of aromatic amines is 1. The van der Waals surface area contributed by atoms with E-state index in [9.17, 15) is 4.79 Å². The normalized spacial score (nSPS) is 12.8.